The Kier molecular flexibility index (Phi) is 8.19. The Morgan fingerprint density at radius 2 is 1.20 bits per heavy atom. The van der Waals surface area contributed by atoms with Gasteiger partial charge in [0.15, 0.2) is 0 Å². The number of hydrogen-bond donors (Lipinski definition) is 0. The van der Waals surface area contributed by atoms with Crippen LogP contribution in [-0.2, 0) is 16.2 Å². The summed E-state index contributed by atoms with van der Waals surface area (Å²) in [4.78, 5) is 4.95. The first-order valence-corrected chi connectivity index (χ1v) is 25.4. The average Bonchev–Trinajstić information content (AvgIpc) is 4.02. The molecule has 6 heterocycles. The lowest BCUT2D eigenvalue weighted by atomic mass is 9.35. The molecule has 11 aromatic rings. The summed E-state index contributed by atoms with van der Waals surface area (Å²) in [6.45, 7) is 20.6. The van der Waals surface area contributed by atoms with E-state index in [0.29, 0.717) is 5.56 Å². The van der Waals surface area contributed by atoms with E-state index in [9.17, 15) is 5.26 Å². The van der Waals surface area contributed by atoms with E-state index in [1.54, 1.807) is 0 Å². The molecular formula is C63H51BN4OS. The number of nitriles is 1. The normalized spacial score (nSPS) is 14.0. The third-order valence-corrected chi connectivity index (χ3v) is 16.6. The number of fused-ring (bicyclic) bond motifs is 14. The van der Waals surface area contributed by atoms with Crippen molar-refractivity contribution < 1.29 is 4.42 Å². The minimum atomic E-state index is -0.283. The second-order valence-corrected chi connectivity index (χ2v) is 24.0. The maximum atomic E-state index is 11.2. The lowest BCUT2D eigenvalue weighted by Gasteiger charge is -2.45. The van der Waals surface area contributed by atoms with Crippen LogP contribution in [0, 0.1) is 11.3 Å². The van der Waals surface area contributed by atoms with Gasteiger partial charge in [0.25, 0.3) is 6.71 Å². The van der Waals surface area contributed by atoms with Crippen molar-refractivity contribution in [2.24, 2.45) is 0 Å². The molecule has 8 aromatic carbocycles. The first-order valence-electron chi connectivity index (χ1n) is 24.6. The van der Waals surface area contributed by atoms with Gasteiger partial charge in [0, 0.05) is 53.4 Å². The predicted molar refractivity (Wildman–Crippen MR) is 297 cm³/mol. The second kappa shape index (κ2) is 13.8. The maximum Gasteiger partial charge on any atom is 0.297 e. The van der Waals surface area contributed by atoms with Crippen LogP contribution in [0.2, 0.25) is 0 Å². The fraction of sp³-hybridized carbons (Fsp3) is 0.190. The van der Waals surface area contributed by atoms with Crippen LogP contribution in [-0.4, -0.2) is 11.3 Å². The zero-order valence-electron chi connectivity index (χ0n) is 41.0. The molecule has 7 heteroatoms. The minimum absolute atomic E-state index is 0.0300. The van der Waals surface area contributed by atoms with Gasteiger partial charge < -0.3 is 18.8 Å². The maximum absolute atomic E-state index is 11.2. The molecule has 0 unspecified atom stereocenters. The molecule has 0 spiro atoms. The first-order chi connectivity index (χ1) is 33.5. The van der Waals surface area contributed by atoms with Gasteiger partial charge in [-0.1, -0.05) is 135 Å². The predicted octanol–water partition coefficient (Wildman–Crippen LogP) is 15.7. The van der Waals surface area contributed by atoms with Gasteiger partial charge in [0.1, 0.15) is 5.58 Å². The summed E-state index contributed by atoms with van der Waals surface area (Å²) >= 11 is 1.83. The van der Waals surface area contributed by atoms with Gasteiger partial charge in [-0.05, 0) is 128 Å². The molecule has 0 atom stereocenters. The highest BCUT2D eigenvalue weighted by molar-refractivity contribution is 7.25. The molecule has 3 aromatic heterocycles. The van der Waals surface area contributed by atoms with E-state index < -0.39 is 0 Å². The van der Waals surface area contributed by atoms with Gasteiger partial charge in [0.05, 0.1) is 51.1 Å². The monoisotopic (exact) mass is 922 g/mol. The van der Waals surface area contributed by atoms with E-state index in [-0.39, 0.29) is 23.0 Å². The summed E-state index contributed by atoms with van der Waals surface area (Å²) in [7, 11) is 0. The molecule has 3 aliphatic heterocycles. The molecule has 0 radical (unpaired) electrons. The molecule has 0 N–H and O–H groups in total. The van der Waals surface area contributed by atoms with Crippen molar-refractivity contribution in [2.45, 2.75) is 78.6 Å². The molecule has 0 saturated heterocycles. The summed E-state index contributed by atoms with van der Waals surface area (Å²) in [5.41, 5.74) is 20.3. The number of hydrogen-bond acceptors (Lipinski definition) is 5. The highest BCUT2D eigenvalue weighted by atomic mass is 32.1. The van der Waals surface area contributed by atoms with Crippen LogP contribution in [0.3, 0.4) is 0 Å². The van der Waals surface area contributed by atoms with E-state index in [4.69, 9.17) is 4.42 Å². The van der Waals surface area contributed by atoms with E-state index in [1.807, 2.05) is 11.3 Å². The van der Waals surface area contributed by atoms with E-state index in [0.717, 1.165) is 73.0 Å². The molecule has 70 heavy (non-hydrogen) atoms. The fourth-order valence-corrected chi connectivity index (χ4v) is 13.0. The lowest BCUT2D eigenvalue weighted by molar-refractivity contribution is 0.590. The van der Waals surface area contributed by atoms with E-state index in [1.165, 1.54) is 64.1 Å². The third kappa shape index (κ3) is 5.66. The van der Waals surface area contributed by atoms with Gasteiger partial charge in [-0.15, -0.1) is 11.3 Å². The lowest BCUT2D eigenvalue weighted by Crippen LogP contribution is -2.61. The summed E-state index contributed by atoms with van der Waals surface area (Å²) < 4.78 is 12.5. The number of nitrogens with zero attached hydrogens (tertiary/aromatic N) is 4. The number of aromatic nitrogens is 1. The van der Waals surface area contributed by atoms with Crippen molar-refractivity contribution in [3.63, 3.8) is 0 Å². The van der Waals surface area contributed by atoms with Crippen molar-refractivity contribution in [3.05, 3.63) is 168 Å². The number of furan rings is 1. The SMILES string of the molecule is CC(C)(C)c1cc2c3c(c1)-n1c4ccc(C(C)(C)C)cc4c4cc(C(C)(C)C)cc(c41)N3c1cc(C#N)cc3c1B2c1oc2ccc(-c4ccccc4)cc2c1N3c1ccc2c(c1)sc1ccccc12. The van der Waals surface area contributed by atoms with Crippen molar-refractivity contribution >= 4 is 122 Å². The Bertz CT molecular complexity index is 4160. The molecule has 14 rings (SSSR count). The molecule has 338 valence electrons. The molecule has 0 bridgehead atoms. The Morgan fingerprint density at radius 3 is 1.96 bits per heavy atom. The summed E-state index contributed by atoms with van der Waals surface area (Å²) in [6, 6.07) is 56.8. The molecule has 0 fully saturated rings. The summed E-state index contributed by atoms with van der Waals surface area (Å²) in [5, 5.41) is 17.3. The van der Waals surface area contributed by atoms with Crippen LogP contribution in [0.4, 0.5) is 34.1 Å². The van der Waals surface area contributed by atoms with E-state index >= 15 is 0 Å². The Balaban J connectivity index is 1.15. The Hall–Kier alpha value is -7.53. The van der Waals surface area contributed by atoms with Gasteiger partial charge in [0.2, 0.25) is 0 Å². The van der Waals surface area contributed by atoms with Crippen LogP contribution in [0.15, 0.2) is 150 Å². The fourth-order valence-electron chi connectivity index (χ4n) is 11.9. The highest BCUT2D eigenvalue weighted by Gasteiger charge is 2.50. The highest BCUT2D eigenvalue weighted by Crippen LogP contribution is 2.55. The molecule has 5 nitrogen and oxygen atoms in total. The number of anilines is 6. The molecular weight excluding hydrogens is 872 g/mol. The molecule has 3 aliphatic rings. The Labute approximate surface area is 412 Å². The smallest absolute Gasteiger partial charge is 0.297 e. The van der Waals surface area contributed by atoms with Crippen molar-refractivity contribution in [1.29, 1.82) is 5.26 Å². The van der Waals surface area contributed by atoms with Crippen LogP contribution in [0.5, 0.6) is 0 Å². The van der Waals surface area contributed by atoms with Crippen molar-refractivity contribution in [2.75, 3.05) is 9.80 Å². The second-order valence-electron chi connectivity index (χ2n) is 23.0. The zero-order valence-corrected chi connectivity index (χ0v) is 41.9. The topological polar surface area (TPSA) is 48.3 Å². The average molecular weight is 923 g/mol. The third-order valence-electron chi connectivity index (χ3n) is 15.5. The summed E-state index contributed by atoms with van der Waals surface area (Å²) in [6.07, 6.45) is 0. The quantitative estimate of drug-likeness (QED) is 0.162. The van der Waals surface area contributed by atoms with Gasteiger partial charge in [-0.2, -0.15) is 5.26 Å². The minimum Gasteiger partial charge on any atom is -0.468 e. The van der Waals surface area contributed by atoms with Crippen LogP contribution >= 0.6 is 11.3 Å². The molecule has 0 aliphatic carbocycles. The van der Waals surface area contributed by atoms with Crippen LogP contribution in [0.1, 0.15) is 84.6 Å². The molecule has 0 amide bonds. The summed E-state index contributed by atoms with van der Waals surface area (Å²) in [5.74, 6) is 0. The molecule has 0 saturated carbocycles. The van der Waals surface area contributed by atoms with Crippen molar-refractivity contribution in [1.82, 2.24) is 4.57 Å². The van der Waals surface area contributed by atoms with E-state index in [2.05, 4.69) is 228 Å². The number of thiophene rings is 1. The van der Waals surface area contributed by atoms with Gasteiger partial charge in [-0.25, -0.2) is 0 Å². The van der Waals surface area contributed by atoms with Crippen LogP contribution in [0.25, 0.3) is 69.8 Å². The Morgan fingerprint density at radius 1 is 0.514 bits per heavy atom. The number of rotatable bonds is 2. The first kappa shape index (κ1) is 41.4. The largest absolute Gasteiger partial charge is 0.468 e. The zero-order chi connectivity index (χ0) is 47.9. The van der Waals surface area contributed by atoms with Gasteiger partial charge in [-0.3, -0.25) is 0 Å². The van der Waals surface area contributed by atoms with Gasteiger partial charge >= 0.3 is 0 Å². The van der Waals surface area contributed by atoms with Crippen molar-refractivity contribution in [3.8, 4) is 22.9 Å². The van der Waals surface area contributed by atoms with Crippen LogP contribution < -0.4 is 26.4 Å². The standard InChI is InChI=1S/C63H51BN4OS/c1-61(2,3)38-20-23-48-44(28-38)45-29-39(62(4,5)6)31-51-57(45)67(48)52-32-40(63(7,8)9)30-47-59(52)68(51)50-26-35(34-65)25-49-56(50)64(47)60-58(46-27-37(19-24-53(46)69-60)36-15-11-10-12-16-36)66(49)41-21-22-43-42-17-13-14-18-54(42)70-55(43)33-41/h10-33H,1-9H3. The number of benzene rings is 8.